The first kappa shape index (κ1) is 22.6. The Bertz CT molecular complexity index is 1300. The number of para-hydroxylation sites is 1. The predicted octanol–water partition coefficient (Wildman–Crippen LogP) is 4.52. The normalized spacial score (nSPS) is 16.3. The summed E-state index contributed by atoms with van der Waals surface area (Å²) in [5.74, 6) is 0.922. The molecule has 3 aromatic carbocycles. The molecule has 0 atom stereocenters. The number of anilines is 1. The molecule has 1 aliphatic carbocycles. The lowest BCUT2D eigenvalue weighted by atomic mass is 10.1. The highest BCUT2D eigenvalue weighted by Crippen LogP contribution is 2.34. The van der Waals surface area contributed by atoms with Crippen molar-refractivity contribution in [2.75, 3.05) is 18.1 Å². The van der Waals surface area contributed by atoms with Gasteiger partial charge >= 0.3 is 0 Å². The number of amides is 1. The van der Waals surface area contributed by atoms with E-state index in [-0.39, 0.29) is 36.4 Å². The average Bonchev–Trinajstić information content (AvgIpc) is 3.69. The molecule has 1 fully saturated rings. The van der Waals surface area contributed by atoms with E-state index in [0.29, 0.717) is 12.3 Å². The lowest BCUT2D eigenvalue weighted by molar-refractivity contribution is -0.119. The van der Waals surface area contributed by atoms with E-state index in [4.69, 9.17) is 4.74 Å². The molecule has 3 aromatic rings. The first-order valence-electron chi connectivity index (χ1n) is 11.6. The summed E-state index contributed by atoms with van der Waals surface area (Å²) in [5, 5.41) is 0. The predicted molar refractivity (Wildman–Crippen MR) is 131 cm³/mol. The zero-order chi connectivity index (χ0) is 23.7. The maximum Gasteiger partial charge on any atom is 0.243 e. The molecule has 176 valence electrons. The number of aryl methyl sites for hydroxylation is 1. The minimum Gasteiger partial charge on any atom is -0.492 e. The van der Waals surface area contributed by atoms with E-state index in [1.807, 2.05) is 66.4 Å². The number of hydrogen-bond donors (Lipinski definition) is 0. The fraction of sp³-hybridized carbons (Fsp3) is 0.296. The molecule has 0 unspecified atom stereocenters. The van der Waals surface area contributed by atoms with Crippen molar-refractivity contribution < 1.29 is 17.9 Å². The van der Waals surface area contributed by atoms with Gasteiger partial charge in [0.05, 0.1) is 11.4 Å². The van der Waals surface area contributed by atoms with Crippen LogP contribution in [0.25, 0.3) is 0 Å². The molecular weight excluding hydrogens is 448 g/mol. The van der Waals surface area contributed by atoms with Crippen molar-refractivity contribution in [1.82, 2.24) is 4.31 Å². The minimum absolute atomic E-state index is 0.0966. The van der Waals surface area contributed by atoms with Gasteiger partial charge in [-0.25, -0.2) is 8.42 Å². The van der Waals surface area contributed by atoms with Crippen LogP contribution in [0.2, 0.25) is 0 Å². The van der Waals surface area contributed by atoms with Gasteiger partial charge in [-0.1, -0.05) is 36.4 Å². The molecule has 34 heavy (non-hydrogen) atoms. The van der Waals surface area contributed by atoms with Crippen LogP contribution in [0.3, 0.4) is 0 Å². The zero-order valence-corrected chi connectivity index (χ0v) is 20.0. The number of sulfonamides is 1. The van der Waals surface area contributed by atoms with Crippen molar-refractivity contribution >= 4 is 21.6 Å². The summed E-state index contributed by atoms with van der Waals surface area (Å²) in [6.45, 7) is 3.09. The van der Waals surface area contributed by atoms with Gasteiger partial charge in [0.1, 0.15) is 12.4 Å². The molecule has 2 aliphatic rings. The van der Waals surface area contributed by atoms with Crippen LogP contribution in [0.4, 0.5) is 5.69 Å². The van der Waals surface area contributed by atoms with Crippen molar-refractivity contribution in [1.29, 1.82) is 0 Å². The van der Waals surface area contributed by atoms with Crippen LogP contribution < -0.4 is 9.64 Å². The fourth-order valence-electron chi connectivity index (χ4n) is 4.29. The van der Waals surface area contributed by atoms with Gasteiger partial charge in [0.15, 0.2) is 0 Å². The third-order valence-corrected chi connectivity index (χ3v) is 8.14. The van der Waals surface area contributed by atoms with Gasteiger partial charge in [0.2, 0.25) is 15.9 Å². The highest BCUT2D eigenvalue weighted by atomic mass is 32.2. The molecule has 1 saturated carbocycles. The first-order valence-corrected chi connectivity index (χ1v) is 13.0. The molecule has 0 radical (unpaired) electrons. The van der Waals surface area contributed by atoms with Gasteiger partial charge in [-0.05, 0) is 67.3 Å². The van der Waals surface area contributed by atoms with Crippen LogP contribution in [0.5, 0.6) is 5.75 Å². The minimum atomic E-state index is -3.66. The monoisotopic (exact) mass is 476 g/mol. The molecule has 0 bridgehead atoms. The lowest BCUT2D eigenvalue weighted by Gasteiger charge is -2.24. The molecule has 1 heterocycles. The largest absolute Gasteiger partial charge is 0.492 e. The van der Waals surface area contributed by atoms with E-state index in [9.17, 15) is 13.2 Å². The van der Waals surface area contributed by atoms with Crippen LogP contribution in [-0.2, 0) is 27.9 Å². The number of nitrogens with zero attached hydrogens (tertiary/aromatic N) is 2. The second-order valence-corrected chi connectivity index (χ2v) is 10.9. The first-order chi connectivity index (χ1) is 16.4. The highest BCUT2D eigenvalue weighted by Gasteiger charge is 2.34. The molecule has 0 N–H and O–H groups in total. The van der Waals surface area contributed by atoms with Crippen LogP contribution in [0.15, 0.2) is 77.7 Å². The quantitative estimate of drug-likeness (QED) is 0.525. The Labute approximate surface area is 200 Å². The standard InChI is InChI=1S/C27H28N2O4S/c1-20-6-5-9-25(16-20)34(31,32)28-14-15-33-26-13-10-21(17-23(26)19-28)18-29(27(30)22-11-12-22)24-7-3-2-4-8-24/h2-10,13,16-17,22H,11-12,14-15,18-19H2,1H3. The topological polar surface area (TPSA) is 66.9 Å². The van der Waals surface area contributed by atoms with Crippen LogP contribution in [-0.4, -0.2) is 31.8 Å². The molecule has 5 rings (SSSR count). The summed E-state index contributed by atoms with van der Waals surface area (Å²) >= 11 is 0. The Balaban J connectivity index is 1.43. The summed E-state index contributed by atoms with van der Waals surface area (Å²) in [6, 6.07) is 22.5. The van der Waals surface area contributed by atoms with Gasteiger partial charge in [-0.2, -0.15) is 4.31 Å². The maximum atomic E-state index is 13.3. The third-order valence-electron chi connectivity index (χ3n) is 6.30. The van der Waals surface area contributed by atoms with Gasteiger partial charge in [-0.3, -0.25) is 4.79 Å². The third kappa shape index (κ3) is 4.72. The number of benzene rings is 3. The molecule has 1 amide bonds. The number of carbonyl (C=O) groups excluding carboxylic acids is 1. The van der Waals surface area contributed by atoms with E-state index in [1.54, 1.807) is 18.2 Å². The van der Waals surface area contributed by atoms with Gasteiger partial charge < -0.3 is 9.64 Å². The van der Waals surface area contributed by atoms with Crippen molar-refractivity contribution in [3.63, 3.8) is 0 Å². The Morgan fingerprint density at radius 3 is 2.56 bits per heavy atom. The number of ether oxygens (including phenoxy) is 1. The number of carbonyl (C=O) groups is 1. The summed E-state index contributed by atoms with van der Waals surface area (Å²) < 4.78 is 34.0. The molecule has 7 heteroatoms. The van der Waals surface area contributed by atoms with E-state index in [2.05, 4.69) is 0 Å². The Hall–Kier alpha value is -3.16. The number of rotatable bonds is 6. The Morgan fingerprint density at radius 1 is 1.03 bits per heavy atom. The molecular formula is C27H28N2O4S. The van der Waals surface area contributed by atoms with Crippen molar-refractivity contribution in [2.45, 2.75) is 37.8 Å². The average molecular weight is 477 g/mol. The second kappa shape index (κ2) is 9.24. The number of hydrogen-bond acceptors (Lipinski definition) is 4. The van der Waals surface area contributed by atoms with Gasteiger partial charge in [0, 0.05) is 30.3 Å². The Kier molecular flexibility index (Phi) is 6.15. The van der Waals surface area contributed by atoms with Crippen LogP contribution in [0.1, 0.15) is 29.5 Å². The van der Waals surface area contributed by atoms with E-state index >= 15 is 0 Å². The zero-order valence-electron chi connectivity index (χ0n) is 19.2. The van der Waals surface area contributed by atoms with Crippen molar-refractivity contribution in [2.24, 2.45) is 5.92 Å². The highest BCUT2D eigenvalue weighted by molar-refractivity contribution is 7.89. The molecule has 6 nitrogen and oxygen atoms in total. The number of fused-ring (bicyclic) bond motifs is 1. The van der Waals surface area contributed by atoms with Crippen LogP contribution >= 0.6 is 0 Å². The van der Waals surface area contributed by atoms with Gasteiger partial charge in [-0.15, -0.1) is 0 Å². The summed E-state index contributed by atoms with van der Waals surface area (Å²) in [5.41, 5.74) is 3.51. The molecule has 0 saturated heterocycles. The molecule has 0 spiro atoms. The van der Waals surface area contributed by atoms with E-state index < -0.39 is 10.0 Å². The van der Waals surface area contributed by atoms with Gasteiger partial charge in [0.25, 0.3) is 0 Å². The van der Waals surface area contributed by atoms with E-state index in [1.165, 1.54) is 4.31 Å². The fourth-order valence-corrected chi connectivity index (χ4v) is 5.80. The van der Waals surface area contributed by atoms with Crippen LogP contribution in [0, 0.1) is 12.8 Å². The summed E-state index contributed by atoms with van der Waals surface area (Å²) in [6.07, 6.45) is 1.87. The van der Waals surface area contributed by atoms with Crippen molar-refractivity contribution in [3.05, 3.63) is 89.5 Å². The van der Waals surface area contributed by atoms with Crippen molar-refractivity contribution in [3.8, 4) is 5.75 Å². The smallest absolute Gasteiger partial charge is 0.243 e. The molecule has 0 aromatic heterocycles. The second-order valence-electron chi connectivity index (χ2n) is 8.98. The lowest BCUT2D eigenvalue weighted by Crippen LogP contribution is -2.33. The summed E-state index contributed by atoms with van der Waals surface area (Å²) in [7, 11) is -3.66. The molecule has 1 aliphatic heterocycles. The van der Waals surface area contributed by atoms with E-state index in [0.717, 1.165) is 35.2 Å². The summed E-state index contributed by atoms with van der Waals surface area (Å²) in [4.78, 5) is 15.2. The Morgan fingerprint density at radius 2 is 1.82 bits per heavy atom. The SMILES string of the molecule is Cc1cccc(S(=O)(=O)N2CCOc3ccc(CN(C(=O)C4CC4)c4ccccc4)cc3C2)c1. The maximum absolute atomic E-state index is 13.3.